The van der Waals surface area contributed by atoms with Crippen LogP contribution in [0.3, 0.4) is 0 Å². The number of benzene rings is 1. The number of phenols is 1. The Labute approximate surface area is 100 Å². The number of aromatic hydroxyl groups is 1. The van der Waals surface area contributed by atoms with E-state index in [1.54, 1.807) is 6.92 Å². The van der Waals surface area contributed by atoms with E-state index >= 15 is 0 Å². The highest BCUT2D eigenvalue weighted by atomic mass is 16.3. The normalized spacial score (nSPS) is 12.1. The number of aliphatic hydroxyl groups is 1. The van der Waals surface area contributed by atoms with Gasteiger partial charge in [-0.25, -0.2) is 0 Å². The zero-order valence-corrected chi connectivity index (χ0v) is 9.81. The van der Waals surface area contributed by atoms with E-state index < -0.39 is 0 Å². The second-order valence-corrected chi connectivity index (χ2v) is 4.02. The Morgan fingerprint density at radius 1 is 1.53 bits per heavy atom. The maximum atomic E-state index is 11.7. The topological polar surface area (TPSA) is 95.6 Å². The van der Waals surface area contributed by atoms with Gasteiger partial charge in [0.1, 0.15) is 5.75 Å². The molecule has 0 aliphatic rings. The van der Waals surface area contributed by atoms with Crippen LogP contribution < -0.4 is 11.1 Å². The van der Waals surface area contributed by atoms with Crippen LogP contribution in [-0.4, -0.2) is 28.8 Å². The lowest BCUT2D eigenvalue weighted by Gasteiger charge is -2.08. The number of carbonyl (C=O) groups is 1. The van der Waals surface area contributed by atoms with Gasteiger partial charge in [0, 0.05) is 12.2 Å². The monoisotopic (exact) mass is 238 g/mol. The van der Waals surface area contributed by atoms with Gasteiger partial charge < -0.3 is 21.3 Å². The Morgan fingerprint density at radius 2 is 2.24 bits per heavy atom. The van der Waals surface area contributed by atoms with Crippen molar-refractivity contribution in [3.63, 3.8) is 0 Å². The molecule has 0 saturated heterocycles. The van der Waals surface area contributed by atoms with Gasteiger partial charge in [0.05, 0.1) is 11.7 Å². The summed E-state index contributed by atoms with van der Waals surface area (Å²) < 4.78 is 0. The number of aliphatic hydroxyl groups excluding tert-OH is 1. The lowest BCUT2D eigenvalue weighted by molar-refractivity contribution is 0.0950. The highest BCUT2D eigenvalue weighted by molar-refractivity contribution is 5.99. The minimum absolute atomic E-state index is 0.00771. The van der Waals surface area contributed by atoms with Gasteiger partial charge >= 0.3 is 0 Å². The Bertz CT molecular complexity index is 391. The minimum atomic E-state index is -0.363. The Morgan fingerprint density at radius 3 is 2.88 bits per heavy atom. The third-order valence-corrected chi connectivity index (χ3v) is 2.37. The molecule has 0 heterocycles. The number of amides is 1. The van der Waals surface area contributed by atoms with E-state index in [4.69, 9.17) is 10.8 Å². The first kappa shape index (κ1) is 13.3. The smallest absolute Gasteiger partial charge is 0.253 e. The molecule has 0 fully saturated rings. The van der Waals surface area contributed by atoms with Crippen molar-refractivity contribution in [3.8, 4) is 5.75 Å². The van der Waals surface area contributed by atoms with E-state index in [2.05, 4.69) is 5.32 Å². The van der Waals surface area contributed by atoms with E-state index in [0.717, 1.165) is 0 Å². The van der Waals surface area contributed by atoms with Crippen LogP contribution in [0.1, 0.15) is 30.1 Å². The van der Waals surface area contributed by atoms with Crippen LogP contribution in [0.15, 0.2) is 18.2 Å². The van der Waals surface area contributed by atoms with Crippen LogP contribution in [0.2, 0.25) is 0 Å². The molecule has 0 saturated carbocycles. The summed E-state index contributed by atoms with van der Waals surface area (Å²) in [5.74, 6) is -0.308. The summed E-state index contributed by atoms with van der Waals surface area (Å²) in [5, 5.41) is 21.0. The highest BCUT2D eigenvalue weighted by Gasteiger charge is 2.09. The van der Waals surface area contributed by atoms with Gasteiger partial charge in [0.2, 0.25) is 0 Å². The van der Waals surface area contributed by atoms with Gasteiger partial charge in [-0.05, 0) is 38.0 Å². The fraction of sp³-hybridized carbons (Fsp3) is 0.417. The third-order valence-electron chi connectivity index (χ3n) is 2.37. The van der Waals surface area contributed by atoms with Crippen molar-refractivity contribution >= 4 is 11.6 Å². The van der Waals surface area contributed by atoms with Crippen LogP contribution in [0.5, 0.6) is 5.75 Å². The lowest BCUT2D eigenvalue weighted by Crippen LogP contribution is -2.25. The molecule has 0 radical (unpaired) electrons. The molecular formula is C12H18N2O3. The summed E-state index contributed by atoms with van der Waals surface area (Å²) in [5.41, 5.74) is 6.23. The largest absolute Gasteiger partial charge is 0.508 e. The average Bonchev–Trinajstić information content (AvgIpc) is 2.27. The Hall–Kier alpha value is -1.75. The number of hydrogen-bond donors (Lipinski definition) is 4. The van der Waals surface area contributed by atoms with Crippen LogP contribution >= 0.6 is 0 Å². The van der Waals surface area contributed by atoms with Gasteiger partial charge in [-0.15, -0.1) is 0 Å². The fourth-order valence-electron chi connectivity index (χ4n) is 1.44. The van der Waals surface area contributed by atoms with E-state index in [-0.39, 0.29) is 23.3 Å². The molecule has 17 heavy (non-hydrogen) atoms. The molecule has 5 nitrogen and oxygen atoms in total. The minimum Gasteiger partial charge on any atom is -0.508 e. The number of carbonyl (C=O) groups excluding carboxylic acids is 1. The average molecular weight is 238 g/mol. The molecule has 1 aromatic carbocycles. The summed E-state index contributed by atoms with van der Waals surface area (Å²) in [7, 11) is 0. The molecule has 1 rings (SSSR count). The molecule has 0 aromatic heterocycles. The Kier molecular flexibility index (Phi) is 4.78. The molecule has 1 unspecified atom stereocenters. The molecule has 1 aromatic rings. The van der Waals surface area contributed by atoms with Gasteiger partial charge in [-0.3, -0.25) is 4.79 Å². The van der Waals surface area contributed by atoms with Crippen molar-refractivity contribution in [2.24, 2.45) is 0 Å². The highest BCUT2D eigenvalue weighted by Crippen LogP contribution is 2.18. The number of hydrogen-bond acceptors (Lipinski definition) is 4. The van der Waals surface area contributed by atoms with E-state index in [9.17, 15) is 9.90 Å². The molecule has 0 spiro atoms. The summed E-state index contributed by atoms with van der Waals surface area (Å²) >= 11 is 0. The Balaban J connectivity index is 2.49. The van der Waals surface area contributed by atoms with Crippen molar-refractivity contribution in [1.29, 1.82) is 0 Å². The maximum Gasteiger partial charge on any atom is 0.253 e. The van der Waals surface area contributed by atoms with Gasteiger partial charge in [0.25, 0.3) is 5.91 Å². The third kappa shape index (κ3) is 4.32. The second kappa shape index (κ2) is 6.10. The molecule has 0 aliphatic carbocycles. The number of anilines is 1. The molecule has 0 bridgehead atoms. The molecule has 5 N–H and O–H groups in total. The molecule has 1 amide bonds. The summed E-state index contributed by atoms with van der Waals surface area (Å²) in [6.07, 6.45) is 0.968. The fourth-order valence-corrected chi connectivity index (χ4v) is 1.44. The maximum absolute atomic E-state index is 11.7. The van der Waals surface area contributed by atoms with Crippen LogP contribution in [0, 0.1) is 0 Å². The van der Waals surface area contributed by atoms with Crippen molar-refractivity contribution < 1.29 is 15.0 Å². The summed E-state index contributed by atoms with van der Waals surface area (Å²) in [4.78, 5) is 11.7. The first-order valence-electron chi connectivity index (χ1n) is 5.55. The van der Waals surface area contributed by atoms with Gasteiger partial charge in [-0.1, -0.05) is 0 Å². The van der Waals surface area contributed by atoms with Crippen LogP contribution in [-0.2, 0) is 0 Å². The summed E-state index contributed by atoms with van der Waals surface area (Å²) in [6, 6.07) is 4.25. The van der Waals surface area contributed by atoms with Crippen molar-refractivity contribution in [1.82, 2.24) is 5.32 Å². The number of nitrogen functional groups attached to an aromatic ring is 1. The molecule has 94 valence electrons. The van der Waals surface area contributed by atoms with Crippen molar-refractivity contribution in [2.75, 3.05) is 12.3 Å². The molecular weight excluding hydrogens is 220 g/mol. The standard InChI is InChI=1S/C12H18N2O3/c1-8(15)3-2-6-14-12(17)10-7-9(16)4-5-11(10)13/h4-5,7-8,15-16H,2-3,6,13H2,1H3,(H,14,17). The molecule has 1 atom stereocenters. The first-order valence-corrected chi connectivity index (χ1v) is 5.55. The van der Waals surface area contributed by atoms with E-state index in [1.165, 1.54) is 18.2 Å². The SMILES string of the molecule is CC(O)CCCNC(=O)c1cc(O)ccc1N. The second-order valence-electron chi connectivity index (χ2n) is 4.02. The first-order chi connectivity index (χ1) is 8.00. The number of rotatable bonds is 5. The van der Waals surface area contributed by atoms with Gasteiger partial charge in [0.15, 0.2) is 0 Å². The molecule has 0 aliphatic heterocycles. The quantitative estimate of drug-likeness (QED) is 0.347. The van der Waals surface area contributed by atoms with Crippen molar-refractivity contribution in [3.05, 3.63) is 23.8 Å². The number of nitrogens with two attached hydrogens (primary N) is 1. The predicted molar refractivity (Wildman–Crippen MR) is 65.8 cm³/mol. The number of phenolic OH excluding ortho intramolecular Hbond substituents is 1. The van der Waals surface area contributed by atoms with Crippen LogP contribution in [0.25, 0.3) is 0 Å². The van der Waals surface area contributed by atoms with Gasteiger partial charge in [-0.2, -0.15) is 0 Å². The van der Waals surface area contributed by atoms with Crippen molar-refractivity contribution in [2.45, 2.75) is 25.9 Å². The van der Waals surface area contributed by atoms with E-state index in [1.807, 2.05) is 0 Å². The zero-order valence-electron chi connectivity index (χ0n) is 9.81. The zero-order chi connectivity index (χ0) is 12.8. The predicted octanol–water partition coefficient (Wildman–Crippen LogP) is 0.865. The molecule has 5 heteroatoms. The summed E-state index contributed by atoms with van der Waals surface area (Å²) in [6.45, 7) is 2.17. The number of nitrogens with one attached hydrogen (secondary N) is 1. The van der Waals surface area contributed by atoms with Crippen LogP contribution in [0.4, 0.5) is 5.69 Å². The lowest BCUT2D eigenvalue weighted by atomic mass is 10.1. The van der Waals surface area contributed by atoms with E-state index in [0.29, 0.717) is 25.1 Å².